The van der Waals surface area contributed by atoms with E-state index in [0.717, 1.165) is 43.5 Å². The molecule has 2 amide bonds. The zero-order valence-electron chi connectivity index (χ0n) is 20.0. The fourth-order valence-electron chi connectivity index (χ4n) is 3.93. The van der Waals surface area contributed by atoms with Crippen molar-refractivity contribution >= 4 is 29.5 Å². The van der Waals surface area contributed by atoms with Crippen molar-refractivity contribution in [1.82, 2.24) is 19.7 Å². The van der Waals surface area contributed by atoms with Crippen LogP contribution in [0, 0.1) is 0 Å². The van der Waals surface area contributed by atoms with Gasteiger partial charge < -0.3 is 20.3 Å². The van der Waals surface area contributed by atoms with Crippen LogP contribution < -0.4 is 15.4 Å². The molecule has 178 valence electrons. The first-order chi connectivity index (χ1) is 16.3. The Hall–Kier alpha value is -3.88. The summed E-state index contributed by atoms with van der Waals surface area (Å²) in [6, 6.07) is 10.8. The van der Waals surface area contributed by atoms with Gasteiger partial charge in [0, 0.05) is 42.3 Å². The molecular formula is C25H30N6O3. The number of benzene rings is 1. The third-order valence-electron chi connectivity index (χ3n) is 5.68. The highest BCUT2D eigenvalue weighted by Crippen LogP contribution is 2.34. The minimum Gasteiger partial charge on any atom is -0.481 e. The van der Waals surface area contributed by atoms with Crippen molar-refractivity contribution in [3.63, 3.8) is 0 Å². The van der Waals surface area contributed by atoms with Crippen LogP contribution in [0.15, 0.2) is 42.6 Å². The van der Waals surface area contributed by atoms with Gasteiger partial charge in [0.25, 0.3) is 0 Å². The van der Waals surface area contributed by atoms with Gasteiger partial charge in [-0.05, 0) is 51.8 Å². The molecule has 3 aromatic rings. The number of likely N-dealkylation sites (tertiary alicyclic amines) is 1. The number of nitrogens with one attached hydrogen (secondary N) is 2. The van der Waals surface area contributed by atoms with Gasteiger partial charge >= 0.3 is 6.03 Å². The van der Waals surface area contributed by atoms with Gasteiger partial charge in [0.1, 0.15) is 11.5 Å². The Morgan fingerprint density at radius 3 is 2.41 bits per heavy atom. The van der Waals surface area contributed by atoms with Crippen LogP contribution in [-0.2, 0) is 5.54 Å². The summed E-state index contributed by atoms with van der Waals surface area (Å²) in [5.41, 5.74) is 2.82. The molecular weight excluding hydrogens is 432 g/mol. The minimum atomic E-state index is -0.390. The van der Waals surface area contributed by atoms with E-state index in [4.69, 9.17) is 9.84 Å². The smallest absolute Gasteiger partial charge is 0.321 e. The molecule has 3 heterocycles. The van der Waals surface area contributed by atoms with Crippen LogP contribution in [-0.4, -0.2) is 52.2 Å². The standard InChI is InChI=1S/C25H30N6O3/c1-25(2,3)31-23(27-19-11-12-26-21(15-19)34-4)20(16-32)22(29-31)17-7-9-18(10-8-17)28-24(33)30-13-5-6-14-30/h7-12,15-16H,5-6,13-14H2,1-4H3,(H,26,27)(H,28,33). The molecule has 1 aromatic carbocycles. The fourth-order valence-corrected chi connectivity index (χ4v) is 3.93. The van der Waals surface area contributed by atoms with Crippen molar-refractivity contribution in [2.45, 2.75) is 39.2 Å². The lowest BCUT2D eigenvalue weighted by Crippen LogP contribution is -2.32. The van der Waals surface area contributed by atoms with E-state index in [9.17, 15) is 9.59 Å². The topological polar surface area (TPSA) is 101 Å². The summed E-state index contributed by atoms with van der Waals surface area (Å²) in [6.45, 7) is 7.64. The number of nitrogens with zero attached hydrogens (tertiary/aromatic N) is 4. The third-order valence-corrected chi connectivity index (χ3v) is 5.68. The van der Waals surface area contributed by atoms with Gasteiger partial charge in [-0.1, -0.05) is 12.1 Å². The van der Waals surface area contributed by atoms with Gasteiger partial charge in [-0.25, -0.2) is 14.5 Å². The van der Waals surface area contributed by atoms with Gasteiger partial charge in [-0.2, -0.15) is 5.10 Å². The summed E-state index contributed by atoms with van der Waals surface area (Å²) < 4.78 is 7.02. The average molecular weight is 463 g/mol. The number of carbonyl (C=O) groups excluding carboxylic acids is 2. The molecule has 1 saturated heterocycles. The van der Waals surface area contributed by atoms with Crippen molar-refractivity contribution in [3.05, 3.63) is 48.2 Å². The first kappa shape index (κ1) is 23.3. The van der Waals surface area contributed by atoms with Gasteiger partial charge in [0.15, 0.2) is 6.29 Å². The number of pyridine rings is 1. The number of urea groups is 1. The highest BCUT2D eigenvalue weighted by atomic mass is 16.5. The second kappa shape index (κ2) is 9.54. The molecule has 0 aliphatic carbocycles. The summed E-state index contributed by atoms with van der Waals surface area (Å²) in [7, 11) is 1.55. The molecule has 0 spiro atoms. The summed E-state index contributed by atoms with van der Waals surface area (Å²) in [6.07, 6.45) is 4.53. The van der Waals surface area contributed by atoms with Crippen molar-refractivity contribution < 1.29 is 14.3 Å². The Kier molecular flexibility index (Phi) is 6.54. The molecule has 2 N–H and O–H groups in total. The second-order valence-corrected chi connectivity index (χ2v) is 9.22. The Morgan fingerprint density at radius 2 is 1.79 bits per heavy atom. The van der Waals surface area contributed by atoms with Crippen LogP contribution in [0.4, 0.5) is 22.0 Å². The van der Waals surface area contributed by atoms with E-state index in [2.05, 4.69) is 15.6 Å². The molecule has 1 fully saturated rings. The maximum atomic E-state index is 12.4. The first-order valence-corrected chi connectivity index (χ1v) is 11.3. The molecule has 34 heavy (non-hydrogen) atoms. The number of methoxy groups -OCH3 is 1. The Bertz CT molecular complexity index is 1170. The molecule has 0 bridgehead atoms. The number of carbonyl (C=O) groups is 2. The predicted octanol–water partition coefficient (Wildman–Crippen LogP) is 4.89. The summed E-state index contributed by atoms with van der Waals surface area (Å²) >= 11 is 0. The van der Waals surface area contributed by atoms with Crippen LogP contribution in [0.2, 0.25) is 0 Å². The molecule has 9 heteroatoms. The zero-order chi connectivity index (χ0) is 24.3. The first-order valence-electron chi connectivity index (χ1n) is 11.3. The van der Waals surface area contributed by atoms with Crippen molar-refractivity contribution in [1.29, 1.82) is 0 Å². The molecule has 1 aliphatic heterocycles. The largest absolute Gasteiger partial charge is 0.481 e. The van der Waals surface area contributed by atoms with E-state index in [1.807, 2.05) is 54.6 Å². The lowest BCUT2D eigenvalue weighted by atomic mass is 10.1. The van der Waals surface area contributed by atoms with Crippen molar-refractivity contribution in [2.75, 3.05) is 30.8 Å². The lowest BCUT2D eigenvalue weighted by molar-refractivity contribution is 0.112. The molecule has 0 radical (unpaired) electrons. The van der Waals surface area contributed by atoms with Crippen LogP contribution in [0.5, 0.6) is 5.88 Å². The molecule has 0 atom stereocenters. The monoisotopic (exact) mass is 462 g/mol. The van der Waals surface area contributed by atoms with Gasteiger partial charge in [0.2, 0.25) is 5.88 Å². The minimum absolute atomic E-state index is 0.0879. The van der Waals surface area contributed by atoms with E-state index in [1.54, 1.807) is 25.4 Å². The number of amides is 2. The summed E-state index contributed by atoms with van der Waals surface area (Å²) in [4.78, 5) is 30.6. The lowest BCUT2D eigenvalue weighted by Gasteiger charge is -2.23. The number of aldehydes is 1. The molecule has 2 aromatic heterocycles. The van der Waals surface area contributed by atoms with E-state index in [0.29, 0.717) is 28.6 Å². The van der Waals surface area contributed by atoms with E-state index in [1.165, 1.54) is 0 Å². The maximum absolute atomic E-state index is 12.4. The highest BCUT2D eigenvalue weighted by Gasteiger charge is 2.26. The van der Waals surface area contributed by atoms with E-state index < -0.39 is 0 Å². The van der Waals surface area contributed by atoms with Crippen molar-refractivity contribution in [2.24, 2.45) is 0 Å². The fraction of sp³-hybridized carbons (Fsp3) is 0.360. The average Bonchev–Trinajstić information content (AvgIpc) is 3.48. The number of hydrogen-bond donors (Lipinski definition) is 2. The van der Waals surface area contributed by atoms with Gasteiger partial charge in [0.05, 0.1) is 18.2 Å². The number of hydrogen-bond acceptors (Lipinski definition) is 6. The highest BCUT2D eigenvalue weighted by molar-refractivity contribution is 5.94. The number of anilines is 3. The summed E-state index contributed by atoms with van der Waals surface area (Å²) in [5.74, 6) is 1.04. The van der Waals surface area contributed by atoms with Gasteiger partial charge in [-0.3, -0.25) is 4.79 Å². The maximum Gasteiger partial charge on any atom is 0.321 e. The number of aromatic nitrogens is 3. The Balaban J connectivity index is 1.66. The van der Waals surface area contributed by atoms with Crippen LogP contribution in [0.3, 0.4) is 0 Å². The number of ether oxygens (including phenoxy) is 1. The Morgan fingerprint density at radius 1 is 1.09 bits per heavy atom. The Labute approximate surface area is 199 Å². The van der Waals surface area contributed by atoms with E-state index in [-0.39, 0.29) is 11.6 Å². The molecule has 9 nitrogen and oxygen atoms in total. The molecule has 0 unspecified atom stereocenters. The van der Waals surface area contributed by atoms with Crippen LogP contribution in [0.1, 0.15) is 44.0 Å². The SMILES string of the molecule is COc1cc(Nc2c(C=O)c(-c3ccc(NC(=O)N4CCCC4)cc3)nn2C(C)(C)C)ccn1. The normalized spacial score (nSPS) is 13.6. The quantitative estimate of drug-likeness (QED) is 0.506. The zero-order valence-corrected chi connectivity index (χ0v) is 20.0. The van der Waals surface area contributed by atoms with Crippen molar-refractivity contribution in [3.8, 4) is 17.1 Å². The summed E-state index contributed by atoms with van der Waals surface area (Å²) in [5, 5.41) is 11.1. The molecule has 4 rings (SSSR count). The second-order valence-electron chi connectivity index (χ2n) is 9.22. The molecule has 1 aliphatic rings. The predicted molar refractivity (Wildman–Crippen MR) is 132 cm³/mol. The van der Waals surface area contributed by atoms with Crippen LogP contribution in [0.25, 0.3) is 11.3 Å². The van der Waals surface area contributed by atoms with Crippen LogP contribution >= 0.6 is 0 Å². The van der Waals surface area contributed by atoms with E-state index >= 15 is 0 Å². The molecule has 0 saturated carbocycles. The third kappa shape index (κ3) is 4.88. The number of rotatable bonds is 6. The van der Waals surface area contributed by atoms with Gasteiger partial charge in [-0.15, -0.1) is 0 Å².